The van der Waals surface area contributed by atoms with Crippen molar-refractivity contribution in [3.8, 4) is 0 Å². The molecule has 0 atom stereocenters. The minimum absolute atomic E-state index is 0.345. The molecule has 0 aromatic rings. The van der Waals surface area contributed by atoms with Gasteiger partial charge >= 0.3 is 113 Å². The number of hydrogen-bond acceptors (Lipinski definition) is 2. The van der Waals surface area contributed by atoms with E-state index in [1.54, 1.807) is 0 Å². The molecule has 0 aromatic carbocycles. The van der Waals surface area contributed by atoms with Crippen molar-refractivity contribution in [3.05, 3.63) is 0 Å². The highest BCUT2D eigenvalue weighted by Crippen LogP contribution is 2.70. The van der Waals surface area contributed by atoms with Gasteiger partial charge in [0.25, 0.3) is 0 Å². The topological polar surface area (TPSA) is 37.3 Å². The fourth-order valence-corrected chi connectivity index (χ4v) is 4.71. The van der Waals surface area contributed by atoms with Gasteiger partial charge in [-0.05, 0) is 5.75 Å². The standard InChI is InChI=1S/C23H9F37O2S/c24-6(25,2-4-63-3-1-5(61)62)7(26,27)8(28,29)9(30,31)10(32,33)11(34,35)12(36,37)13(38,39)14(40,41)15(42,43)16(44,45)17(46,47)18(48,49)19(50,51)20(52,53)21(54,55)22(56,57)23(58,59)60/h1-4H2,(H,61,62). The first kappa shape index (κ1) is 60.2. The van der Waals surface area contributed by atoms with E-state index in [-0.39, 0.29) is 11.8 Å². The lowest BCUT2D eigenvalue weighted by Gasteiger charge is -2.47. The van der Waals surface area contributed by atoms with E-state index in [2.05, 4.69) is 0 Å². The van der Waals surface area contributed by atoms with Crippen LogP contribution < -0.4 is 0 Å². The number of carboxylic acid groups (broad SMARTS) is 1. The van der Waals surface area contributed by atoms with Gasteiger partial charge in [-0.2, -0.15) is 174 Å². The molecule has 0 fully saturated rings. The smallest absolute Gasteiger partial charge is 0.460 e. The Morgan fingerprint density at radius 2 is 0.460 bits per heavy atom. The summed E-state index contributed by atoms with van der Waals surface area (Å²) in [4.78, 5) is 10.3. The zero-order chi connectivity index (χ0) is 52.1. The summed E-state index contributed by atoms with van der Waals surface area (Å²) in [6.45, 7) is 0. The van der Waals surface area contributed by atoms with Crippen LogP contribution in [-0.2, 0) is 4.79 Å². The first-order chi connectivity index (χ1) is 26.7. The van der Waals surface area contributed by atoms with Crippen molar-refractivity contribution in [1.29, 1.82) is 0 Å². The van der Waals surface area contributed by atoms with E-state index >= 15 is 0 Å². The quantitative estimate of drug-likeness (QED) is 0.0867. The van der Waals surface area contributed by atoms with E-state index in [1.165, 1.54) is 0 Å². The average molecular weight is 1050 g/mol. The fourth-order valence-electron chi connectivity index (χ4n) is 3.79. The lowest BCUT2D eigenvalue weighted by atomic mass is 9.82. The zero-order valence-corrected chi connectivity index (χ0v) is 28.4. The highest BCUT2D eigenvalue weighted by molar-refractivity contribution is 7.99. The second-order valence-electron chi connectivity index (χ2n) is 11.9. The van der Waals surface area contributed by atoms with Crippen LogP contribution >= 0.6 is 11.8 Å². The molecule has 1 N–H and O–H groups in total. The molecule has 0 aromatic heterocycles. The van der Waals surface area contributed by atoms with Gasteiger partial charge in [0.1, 0.15) is 0 Å². The molecule has 0 unspecified atom stereocenters. The van der Waals surface area contributed by atoms with Crippen molar-refractivity contribution >= 4 is 17.7 Å². The number of rotatable bonds is 22. The highest BCUT2D eigenvalue weighted by atomic mass is 32.2. The van der Waals surface area contributed by atoms with E-state index in [4.69, 9.17) is 5.11 Å². The van der Waals surface area contributed by atoms with Crippen LogP contribution in [0.4, 0.5) is 162 Å². The Bertz CT molecular complexity index is 1640. The fraction of sp³-hybridized carbons (Fsp3) is 0.957. The van der Waals surface area contributed by atoms with Crippen molar-refractivity contribution in [1.82, 2.24) is 0 Å². The minimum Gasteiger partial charge on any atom is -0.481 e. The van der Waals surface area contributed by atoms with E-state index in [1.807, 2.05) is 0 Å². The third-order valence-electron chi connectivity index (χ3n) is 7.75. The number of thioether (sulfide) groups is 1. The van der Waals surface area contributed by atoms with E-state index in [0.717, 1.165) is 0 Å². The van der Waals surface area contributed by atoms with Crippen molar-refractivity contribution < 1.29 is 172 Å². The molecule has 0 aliphatic heterocycles. The normalized spacial score (nSPS) is 16.8. The predicted molar refractivity (Wildman–Crippen MR) is 124 cm³/mol. The lowest BCUT2D eigenvalue weighted by molar-refractivity contribution is -0.493. The molecule has 0 heterocycles. The molecular weight excluding hydrogens is 1040 g/mol. The van der Waals surface area contributed by atoms with E-state index in [9.17, 15) is 167 Å². The Morgan fingerprint density at radius 1 is 0.286 bits per heavy atom. The minimum atomic E-state index is -10.4. The summed E-state index contributed by atoms with van der Waals surface area (Å²) in [5.41, 5.74) is 0. The first-order valence-corrected chi connectivity index (χ1v) is 15.1. The van der Waals surface area contributed by atoms with E-state index in [0.29, 0.717) is 0 Å². The van der Waals surface area contributed by atoms with Gasteiger partial charge in [0.05, 0.1) is 6.42 Å². The number of carboxylic acids is 1. The molecule has 63 heavy (non-hydrogen) atoms. The molecule has 0 aliphatic rings. The molecule has 0 saturated carbocycles. The average Bonchev–Trinajstić information content (AvgIpc) is 3.05. The van der Waals surface area contributed by atoms with Crippen molar-refractivity contribution in [3.63, 3.8) is 0 Å². The Labute approximate surface area is 322 Å². The molecule has 0 spiro atoms. The van der Waals surface area contributed by atoms with Gasteiger partial charge in [0.15, 0.2) is 0 Å². The summed E-state index contributed by atoms with van der Waals surface area (Å²) < 4.78 is 506. The maximum atomic E-state index is 14.1. The Morgan fingerprint density at radius 3 is 0.635 bits per heavy atom. The Balaban J connectivity index is 7.66. The molecule has 0 amide bonds. The van der Waals surface area contributed by atoms with Crippen LogP contribution in [0.15, 0.2) is 0 Å². The summed E-state index contributed by atoms with van der Waals surface area (Å²) in [7, 11) is 0. The number of carbonyl (C=O) groups is 1. The van der Waals surface area contributed by atoms with Crippen LogP contribution in [0.1, 0.15) is 12.8 Å². The van der Waals surface area contributed by atoms with Crippen molar-refractivity contribution in [2.45, 2.75) is 120 Å². The molecule has 40 heteroatoms. The van der Waals surface area contributed by atoms with Gasteiger partial charge in [0.2, 0.25) is 0 Å². The van der Waals surface area contributed by atoms with Crippen LogP contribution in [0.3, 0.4) is 0 Å². The number of halogens is 37. The summed E-state index contributed by atoms with van der Waals surface area (Å²) in [6.07, 6.45) is -12.7. The summed E-state index contributed by atoms with van der Waals surface area (Å²) in [6, 6.07) is 0. The summed E-state index contributed by atoms with van der Waals surface area (Å²) in [5, 5.41) is 8.26. The maximum Gasteiger partial charge on any atom is 0.460 e. The van der Waals surface area contributed by atoms with Crippen molar-refractivity contribution in [2.75, 3.05) is 11.5 Å². The second-order valence-corrected chi connectivity index (χ2v) is 13.1. The summed E-state index contributed by atoms with van der Waals surface area (Å²) in [5.74, 6) is -170. The van der Waals surface area contributed by atoms with Gasteiger partial charge in [-0.3, -0.25) is 4.79 Å². The predicted octanol–water partition coefficient (Wildman–Crippen LogP) is 12.9. The maximum absolute atomic E-state index is 14.1. The molecule has 0 saturated heterocycles. The lowest BCUT2D eigenvalue weighted by Crippen LogP contribution is -2.80. The third-order valence-corrected chi connectivity index (χ3v) is 8.74. The molecule has 0 aliphatic carbocycles. The van der Waals surface area contributed by atoms with Crippen LogP contribution in [-0.4, -0.2) is 129 Å². The first-order valence-electron chi connectivity index (χ1n) is 14.0. The molecular formula is C23H9F37O2S. The van der Waals surface area contributed by atoms with Crippen LogP contribution in [0.5, 0.6) is 0 Å². The van der Waals surface area contributed by atoms with Gasteiger partial charge in [-0.25, -0.2) is 0 Å². The summed E-state index contributed by atoms with van der Waals surface area (Å²) >= 11 is -0.345. The molecule has 2 nitrogen and oxygen atoms in total. The molecule has 0 radical (unpaired) electrons. The van der Waals surface area contributed by atoms with Gasteiger partial charge in [0, 0.05) is 12.2 Å². The number of aliphatic carboxylic acids is 1. The highest BCUT2D eigenvalue weighted by Gasteiger charge is 3.02. The second kappa shape index (κ2) is 15.7. The molecule has 0 rings (SSSR count). The van der Waals surface area contributed by atoms with E-state index < -0.39 is 137 Å². The Hall–Kier alpha value is -2.77. The third kappa shape index (κ3) is 7.65. The number of hydrogen-bond donors (Lipinski definition) is 1. The van der Waals surface area contributed by atoms with Gasteiger partial charge < -0.3 is 5.11 Å². The zero-order valence-electron chi connectivity index (χ0n) is 27.6. The van der Waals surface area contributed by atoms with Crippen LogP contribution in [0.2, 0.25) is 0 Å². The monoisotopic (exact) mass is 1050 g/mol. The van der Waals surface area contributed by atoms with Gasteiger partial charge in [-0.1, -0.05) is 0 Å². The van der Waals surface area contributed by atoms with Gasteiger partial charge in [-0.15, -0.1) is 0 Å². The molecule has 0 bridgehead atoms. The Kier molecular flexibility index (Phi) is 15.0. The van der Waals surface area contributed by atoms with Crippen molar-refractivity contribution in [2.24, 2.45) is 0 Å². The number of alkyl halides is 37. The van der Waals surface area contributed by atoms with Crippen LogP contribution in [0, 0.1) is 0 Å². The molecule has 378 valence electrons. The SMILES string of the molecule is O=C(O)CCSCCC(F)(F)C(F)(F)C(F)(F)C(F)(F)C(F)(F)C(F)(F)C(F)(F)C(F)(F)C(F)(F)C(F)(F)C(F)(F)C(F)(F)C(F)(F)C(F)(F)C(F)(F)C(F)(F)C(F)(F)C(F)(F)F. The van der Waals surface area contributed by atoms with Crippen LogP contribution in [0.25, 0.3) is 0 Å². The largest absolute Gasteiger partial charge is 0.481 e.